The molecule has 0 amide bonds. The lowest BCUT2D eigenvalue weighted by Gasteiger charge is -2.16. The molecule has 1 atom stereocenters. The molecule has 2 aromatic heterocycles. The lowest BCUT2D eigenvalue weighted by Crippen LogP contribution is -2.15. The zero-order valence-corrected chi connectivity index (χ0v) is 16.1. The summed E-state index contributed by atoms with van der Waals surface area (Å²) in [4.78, 5) is 4.11. The standard InChI is InChI=1S/C21H18F2N4O4/c22-21(23)31-17-7-3-14(4-8-17)20-26-25-18-9-24-10-19(27(18)20)30-12-15(11-28)13-1-5-16(29)6-2-13/h1-10,15,21,28-29H,11-12H2. The van der Waals surface area contributed by atoms with E-state index in [2.05, 4.69) is 19.9 Å². The molecule has 4 rings (SSSR count). The van der Waals surface area contributed by atoms with E-state index in [1.165, 1.54) is 24.5 Å². The van der Waals surface area contributed by atoms with Crippen molar-refractivity contribution in [2.75, 3.05) is 13.2 Å². The van der Waals surface area contributed by atoms with Crippen LogP contribution in [0.1, 0.15) is 11.5 Å². The Morgan fingerprint density at radius 1 is 0.968 bits per heavy atom. The van der Waals surface area contributed by atoms with Crippen LogP contribution in [0, 0.1) is 0 Å². The van der Waals surface area contributed by atoms with Crippen LogP contribution in [0.4, 0.5) is 8.78 Å². The van der Waals surface area contributed by atoms with Crippen molar-refractivity contribution in [2.24, 2.45) is 0 Å². The smallest absolute Gasteiger partial charge is 0.387 e. The van der Waals surface area contributed by atoms with E-state index < -0.39 is 6.61 Å². The maximum Gasteiger partial charge on any atom is 0.387 e. The topological polar surface area (TPSA) is 102 Å². The van der Waals surface area contributed by atoms with Crippen LogP contribution in [0.2, 0.25) is 0 Å². The Morgan fingerprint density at radius 2 is 1.71 bits per heavy atom. The van der Waals surface area contributed by atoms with Crippen LogP contribution in [0.15, 0.2) is 60.9 Å². The van der Waals surface area contributed by atoms with Gasteiger partial charge in [0.15, 0.2) is 11.5 Å². The minimum absolute atomic E-state index is 0.0328. The summed E-state index contributed by atoms with van der Waals surface area (Å²) in [5, 5.41) is 27.5. The lowest BCUT2D eigenvalue weighted by atomic mass is 10.0. The fourth-order valence-electron chi connectivity index (χ4n) is 3.08. The maximum absolute atomic E-state index is 12.4. The predicted molar refractivity (Wildman–Crippen MR) is 106 cm³/mol. The van der Waals surface area contributed by atoms with Crippen molar-refractivity contribution < 1.29 is 28.5 Å². The van der Waals surface area contributed by atoms with Gasteiger partial charge in [0.25, 0.3) is 0 Å². The molecule has 0 spiro atoms. The molecule has 2 aromatic carbocycles. The lowest BCUT2D eigenvalue weighted by molar-refractivity contribution is -0.0498. The van der Waals surface area contributed by atoms with Crippen molar-refractivity contribution in [1.29, 1.82) is 0 Å². The number of benzene rings is 2. The molecular weight excluding hydrogens is 410 g/mol. The monoisotopic (exact) mass is 428 g/mol. The van der Waals surface area contributed by atoms with E-state index in [0.29, 0.717) is 22.9 Å². The van der Waals surface area contributed by atoms with Gasteiger partial charge in [0, 0.05) is 11.5 Å². The van der Waals surface area contributed by atoms with Crippen LogP contribution < -0.4 is 9.47 Å². The van der Waals surface area contributed by atoms with Gasteiger partial charge in [-0.2, -0.15) is 8.78 Å². The summed E-state index contributed by atoms with van der Waals surface area (Å²) in [5.41, 5.74) is 1.85. The Kier molecular flexibility index (Phi) is 5.89. The molecule has 4 aromatic rings. The molecular formula is C21H18F2N4O4. The molecule has 0 aliphatic rings. The van der Waals surface area contributed by atoms with Crippen LogP contribution in [-0.2, 0) is 0 Å². The fraction of sp³-hybridized carbons (Fsp3) is 0.190. The van der Waals surface area contributed by atoms with Crippen LogP contribution in [0.5, 0.6) is 17.4 Å². The minimum atomic E-state index is -2.90. The number of phenols is 1. The first-order valence-corrected chi connectivity index (χ1v) is 9.32. The highest BCUT2D eigenvalue weighted by atomic mass is 19.3. The Labute approximate surface area is 175 Å². The Bertz CT molecular complexity index is 1150. The normalized spacial score (nSPS) is 12.3. The van der Waals surface area contributed by atoms with Gasteiger partial charge in [-0.3, -0.25) is 4.98 Å². The van der Waals surface area contributed by atoms with Gasteiger partial charge in [-0.05, 0) is 42.0 Å². The zero-order chi connectivity index (χ0) is 21.8. The van der Waals surface area contributed by atoms with Crippen LogP contribution in [0.25, 0.3) is 17.0 Å². The Hall–Kier alpha value is -3.79. The van der Waals surface area contributed by atoms with Gasteiger partial charge in [0.1, 0.15) is 11.5 Å². The van der Waals surface area contributed by atoms with Crippen molar-refractivity contribution in [3.63, 3.8) is 0 Å². The molecule has 8 nitrogen and oxygen atoms in total. The van der Waals surface area contributed by atoms with Gasteiger partial charge in [-0.25, -0.2) is 4.40 Å². The molecule has 10 heteroatoms. The van der Waals surface area contributed by atoms with E-state index in [1.54, 1.807) is 40.8 Å². The van der Waals surface area contributed by atoms with Crippen molar-refractivity contribution in [3.05, 3.63) is 66.5 Å². The highest BCUT2D eigenvalue weighted by Gasteiger charge is 2.16. The largest absolute Gasteiger partial charge is 0.508 e. The summed E-state index contributed by atoms with van der Waals surface area (Å²) in [6.07, 6.45) is 3.01. The maximum atomic E-state index is 12.4. The summed E-state index contributed by atoms with van der Waals surface area (Å²) in [6, 6.07) is 12.5. The number of halogens is 2. The number of fused-ring (bicyclic) bond motifs is 1. The van der Waals surface area contributed by atoms with E-state index in [4.69, 9.17) is 4.74 Å². The highest BCUT2D eigenvalue weighted by molar-refractivity contribution is 5.61. The first-order valence-electron chi connectivity index (χ1n) is 9.32. The SMILES string of the molecule is OCC(COc1cncc2nnc(-c3ccc(OC(F)F)cc3)n12)c1ccc(O)cc1. The number of nitrogens with zero attached hydrogens (tertiary/aromatic N) is 4. The third kappa shape index (κ3) is 4.53. The third-order valence-electron chi connectivity index (χ3n) is 4.64. The number of hydrogen-bond acceptors (Lipinski definition) is 7. The number of aromatic nitrogens is 4. The van der Waals surface area contributed by atoms with Gasteiger partial charge in [0.05, 0.1) is 25.6 Å². The Balaban J connectivity index is 1.60. The molecule has 2 N–H and O–H groups in total. The summed E-state index contributed by atoms with van der Waals surface area (Å²) < 4.78 is 36.7. The third-order valence-corrected chi connectivity index (χ3v) is 4.64. The molecule has 2 heterocycles. The van der Waals surface area contributed by atoms with Gasteiger partial charge < -0.3 is 19.7 Å². The van der Waals surface area contributed by atoms with Gasteiger partial charge in [-0.1, -0.05) is 12.1 Å². The van der Waals surface area contributed by atoms with E-state index in [9.17, 15) is 19.0 Å². The van der Waals surface area contributed by atoms with Crippen LogP contribution in [0.3, 0.4) is 0 Å². The van der Waals surface area contributed by atoms with Gasteiger partial charge in [-0.15, -0.1) is 10.2 Å². The molecule has 0 radical (unpaired) electrons. The fourth-order valence-corrected chi connectivity index (χ4v) is 3.08. The average Bonchev–Trinajstić information content (AvgIpc) is 3.20. The number of rotatable bonds is 8. The minimum Gasteiger partial charge on any atom is -0.508 e. The van der Waals surface area contributed by atoms with Gasteiger partial charge >= 0.3 is 6.61 Å². The first-order chi connectivity index (χ1) is 15.0. The number of ether oxygens (including phenoxy) is 2. The predicted octanol–water partition coefficient (Wildman–Crippen LogP) is 3.25. The van der Waals surface area contributed by atoms with Crippen molar-refractivity contribution >= 4 is 5.65 Å². The molecule has 0 aliphatic carbocycles. The summed E-state index contributed by atoms with van der Waals surface area (Å²) in [5.74, 6) is 0.616. The number of aliphatic hydroxyl groups excluding tert-OH is 1. The zero-order valence-electron chi connectivity index (χ0n) is 16.1. The second kappa shape index (κ2) is 8.92. The summed E-state index contributed by atoms with van der Waals surface area (Å²) in [7, 11) is 0. The average molecular weight is 428 g/mol. The highest BCUT2D eigenvalue weighted by Crippen LogP contribution is 2.26. The Morgan fingerprint density at radius 3 is 2.39 bits per heavy atom. The molecule has 0 bridgehead atoms. The molecule has 0 saturated heterocycles. The first kappa shape index (κ1) is 20.5. The van der Waals surface area contributed by atoms with E-state index in [-0.39, 0.29) is 30.6 Å². The second-order valence-electron chi connectivity index (χ2n) is 6.65. The van der Waals surface area contributed by atoms with Crippen molar-refractivity contribution in [2.45, 2.75) is 12.5 Å². The molecule has 1 unspecified atom stereocenters. The summed E-state index contributed by atoms with van der Waals surface area (Å²) in [6.45, 7) is -2.92. The number of hydrogen-bond donors (Lipinski definition) is 2. The van der Waals surface area contributed by atoms with Crippen molar-refractivity contribution in [1.82, 2.24) is 19.6 Å². The summed E-state index contributed by atoms with van der Waals surface area (Å²) >= 11 is 0. The number of aliphatic hydroxyl groups is 1. The molecule has 31 heavy (non-hydrogen) atoms. The van der Waals surface area contributed by atoms with Crippen LogP contribution in [-0.4, -0.2) is 49.6 Å². The van der Waals surface area contributed by atoms with E-state index in [0.717, 1.165) is 5.56 Å². The molecule has 0 aliphatic heterocycles. The second-order valence-corrected chi connectivity index (χ2v) is 6.65. The van der Waals surface area contributed by atoms with E-state index >= 15 is 0 Å². The number of alkyl halides is 2. The van der Waals surface area contributed by atoms with Crippen molar-refractivity contribution in [3.8, 4) is 28.8 Å². The molecule has 0 saturated carbocycles. The number of aromatic hydroxyl groups is 1. The van der Waals surface area contributed by atoms with E-state index in [1.807, 2.05) is 0 Å². The quantitative estimate of drug-likeness (QED) is 0.444. The molecule has 160 valence electrons. The molecule has 0 fully saturated rings. The van der Waals surface area contributed by atoms with Gasteiger partial charge in [0.2, 0.25) is 5.88 Å². The van der Waals surface area contributed by atoms with Crippen LogP contribution >= 0.6 is 0 Å². The number of phenolic OH excluding ortho intramolecular Hbond substituents is 1.